The number of nitrogens with one attached hydrogen (secondary N) is 5. The molecule has 1 aliphatic carbocycles. The van der Waals surface area contributed by atoms with Crippen molar-refractivity contribution in [1.82, 2.24) is 30.9 Å². The molecule has 0 aromatic rings. The number of urea groups is 1. The Morgan fingerprint density at radius 3 is 2.04 bits per heavy atom. The molecule has 1 saturated heterocycles. The second kappa shape index (κ2) is 17.0. The first-order valence-corrected chi connectivity index (χ1v) is 18.1. The first-order chi connectivity index (χ1) is 21.2. The summed E-state index contributed by atoms with van der Waals surface area (Å²) < 4.78 is 14.1. The van der Waals surface area contributed by atoms with E-state index in [0.29, 0.717) is 39.0 Å². The zero-order chi connectivity index (χ0) is 35.0. The first kappa shape index (κ1) is 39.6. The van der Waals surface area contributed by atoms with Crippen molar-refractivity contribution in [3.05, 3.63) is 0 Å². The Balaban J connectivity index is 2.20. The highest BCUT2D eigenvalue weighted by Gasteiger charge is 2.48. The third-order valence-electron chi connectivity index (χ3n) is 8.92. The first-order valence-electron chi connectivity index (χ1n) is 16.5. The highest BCUT2D eigenvalue weighted by atomic mass is 32.2. The number of primary amides is 1. The molecule has 14 heteroatoms. The fourth-order valence-electron chi connectivity index (χ4n) is 5.84. The van der Waals surface area contributed by atoms with Crippen LogP contribution in [0, 0.1) is 28.6 Å². The molecule has 46 heavy (non-hydrogen) atoms. The highest BCUT2D eigenvalue weighted by molar-refractivity contribution is 7.82. The summed E-state index contributed by atoms with van der Waals surface area (Å²) in [7, 11) is -1.06. The number of nitrogens with two attached hydrogens (primary N) is 1. The fraction of sp³-hybridized carbons (Fsp3) is 0.844. The average molecular weight is 670 g/mol. The normalized spacial score (nSPS) is 21.3. The fourth-order valence-corrected chi connectivity index (χ4v) is 6.27. The van der Waals surface area contributed by atoms with Crippen LogP contribution in [0.5, 0.6) is 0 Å². The SMILES string of the molecule is CC(C)[C@H]1CCN(C(=O)[C@@H](NC(=O)N[C@H](CNCCCNS(C)=O)C(C)(C)C)C(C)(C)C)[C@@H]1C(=O)NC(CC1CC1)C(=O)C(N)=O. The second-order valence-corrected chi connectivity index (χ2v) is 16.6. The predicted molar refractivity (Wildman–Crippen MR) is 180 cm³/mol. The second-order valence-electron chi connectivity index (χ2n) is 15.4. The van der Waals surface area contributed by atoms with Crippen LogP contribution in [0.4, 0.5) is 4.79 Å². The molecule has 2 rings (SSSR count). The lowest BCUT2D eigenvalue weighted by Crippen LogP contribution is -2.62. The Labute approximate surface area is 277 Å². The number of hydrogen-bond donors (Lipinski definition) is 6. The van der Waals surface area contributed by atoms with E-state index >= 15 is 0 Å². The van der Waals surface area contributed by atoms with Crippen LogP contribution < -0.4 is 31.7 Å². The van der Waals surface area contributed by atoms with Crippen LogP contribution in [-0.2, 0) is 30.2 Å². The van der Waals surface area contributed by atoms with Crippen LogP contribution in [0.3, 0.4) is 0 Å². The Bertz CT molecular complexity index is 1120. The van der Waals surface area contributed by atoms with Gasteiger partial charge < -0.3 is 31.9 Å². The maximum atomic E-state index is 14.3. The Morgan fingerprint density at radius 1 is 0.913 bits per heavy atom. The van der Waals surface area contributed by atoms with Crippen LogP contribution in [0.25, 0.3) is 0 Å². The van der Waals surface area contributed by atoms with Gasteiger partial charge in [0.25, 0.3) is 5.91 Å². The lowest BCUT2D eigenvalue weighted by molar-refractivity contribution is -0.144. The average Bonchev–Trinajstić information content (AvgIpc) is 3.63. The van der Waals surface area contributed by atoms with Crippen molar-refractivity contribution in [3.8, 4) is 0 Å². The summed E-state index contributed by atoms with van der Waals surface area (Å²) in [6.07, 6.45) is 5.13. The van der Waals surface area contributed by atoms with Gasteiger partial charge in [-0.15, -0.1) is 0 Å². The molecule has 0 aromatic heterocycles. The van der Waals surface area contributed by atoms with Crippen molar-refractivity contribution < 1.29 is 28.2 Å². The summed E-state index contributed by atoms with van der Waals surface area (Å²) in [5.74, 6) is -2.65. The van der Waals surface area contributed by atoms with E-state index in [1.807, 2.05) is 55.4 Å². The quantitative estimate of drug-likeness (QED) is 0.0990. The van der Waals surface area contributed by atoms with Gasteiger partial charge in [-0.25, -0.2) is 13.7 Å². The van der Waals surface area contributed by atoms with Crippen molar-refractivity contribution in [2.45, 2.75) is 112 Å². The van der Waals surface area contributed by atoms with Gasteiger partial charge in [-0.05, 0) is 54.4 Å². The summed E-state index contributed by atoms with van der Waals surface area (Å²) in [5.41, 5.74) is 4.31. The van der Waals surface area contributed by atoms with Gasteiger partial charge in [0.15, 0.2) is 0 Å². The van der Waals surface area contributed by atoms with Crippen molar-refractivity contribution in [2.75, 3.05) is 32.4 Å². The molecule has 2 unspecified atom stereocenters. The largest absolute Gasteiger partial charge is 0.363 e. The molecule has 264 valence electrons. The van der Waals surface area contributed by atoms with E-state index in [-0.39, 0.29) is 35.1 Å². The van der Waals surface area contributed by atoms with Crippen LogP contribution in [0.1, 0.15) is 87.5 Å². The molecule has 0 radical (unpaired) electrons. The van der Waals surface area contributed by atoms with Gasteiger partial charge in [-0.3, -0.25) is 19.2 Å². The van der Waals surface area contributed by atoms with Crippen molar-refractivity contribution >= 4 is 40.5 Å². The molecule has 13 nitrogen and oxygen atoms in total. The van der Waals surface area contributed by atoms with E-state index in [1.165, 1.54) is 4.90 Å². The van der Waals surface area contributed by atoms with Gasteiger partial charge in [0.2, 0.25) is 17.6 Å². The van der Waals surface area contributed by atoms with Gasteiger partial charge in [-0.2, -0.15) is 0 Å². The maximum Gasteiger partial charge on any atom is 0.315 e. The molecule has 6 atom stereocenters. The third-order valence-corrected chi connectivity index (χ3v) is 9.53. The van der Waals surface area contributed by atoms with E-state index in [0.717, 1.165) is 19.3 Å². The van der Waals surface area contributed by atoms with Crippen LogP contribution >= 0.6 is 0 Å². The Kier molecular flexibility index (Phi) is 14.6. The highest BCUT2D eigenvalue weighted by Crippen LogP contribution is 2.35. The van der Waals surface area contributed by atoms with Gasteiger partial charge in [0.1, 0.15) is 12.1 Å². The zero-order valence-electron chi connectivity index (χ0n) is 29.3. The number of Topliss-reactive ketones (excluding diaryl/α,β-unsaturated/α-hetero) is 1. The molecule has 2 aliphatic rings. The Morgan fingerprint density at radius 2 is 1.54 bits per heavy atom. The summed E-state index contributed by atoms with van der Waals surface area (Å²) in [6.45, 7) is 17.7. The van der Waals surface area contributed by atoms with Gasteiger partial charge in [0.05, 0.1) is 17.0 Å². The molecule has 1 saturated carbocycles. The molecule has 2 fully saturated rings. The lowest BCUT2D eigenvalue weighted by atomic mass is 9.84. The van der Waals surface area contributed by atoms with Crippen LogP contribution in [0.2, 0.25) is 0 Å². The van der Waals surface area contributed by atoms with E-state index in [1.54, 1.807) is 6.26 Å². The maximum absolute atomic E-state index is 14.3. The minimum Gasteiger partial charge on any atom is -0.363 e. The molecule has 0 bridgehead atoms. The topological polar surface area (TPSA) is 192 Å². The lowest BCUT2D eigenvalue weighted by Gasteiger charge is -2.38. The standard InChI is InChI=1S/C32H59N7O6S/c1-19(2)21-13-16-39(24(21)28(42)36-22(17-20-11-12-20)25(40)27(33)41)29(43)26(32(6,7)8)38-30(44)37-23(31(3,4)5)18-34-14-10-15-35-46(9)45/h19-24,26,34-35H,10-18H2,1-9H3,(H2,33,41)(H,36,42)(H2,37,38,44)/t21-,22?,23-,24+,26-,46?/m1/s1. The van der Waals surface area contributed by atoms with Crippen molar-refractivity contribution in [3.63, 3.8) is 0 Å². The zero-order valence-corrected chi connectivity index (χ0v) is 30.1. The van der Waals surface area contributed by atoms with Gasteiger partial charge in [0, 0.05) is 31.9 Å². The summed E-state index contributed by atoms with van der Waals surface area (Å²) in [5, 5.41) is 12.1. The molecular weight excluding hydrogens is 610 g/mol. The van der Waals surface area contributed by atoms with E-state index in [2.05, 4.69) is 26.0 Å². The van der Waals surface area contributed by atoms with Crippen LogP contribution in [0.15, 0.2) is 0 Å². The van der Waals surface area contributed by atoms with Crippen molar-refractivity contribution in [1.29, 1.82) is 0 Å². The third kappa shape index (κ3) is 12.2. The minimum atomic E-state index is -1.09. The minimum absolute atomic E-state index is 0.0616. The Hall–Kier alpha value is -2.58. The van der Waals surface area contributed by atoms with Gasteiger partial charge >= 0.3 is 6.03 Å². The molecule has 1 heterocycles. The predicted octanol–water partition coefficient (Wildman–Crippen LogP) is 1.19. The number of carbonyl (C=O) groups is 5. The van der Waals surface area contributed by atoms with Crippen LogP contribution in [-0.4, -0.2) is 95.2 Å². The smallest absolute Gasteiger partial charge is 0.315 e. The summed E-state index contributed by atoms with van der Waals surface area (Å²) in [4.78, 5) is 67.4. The monoisotopic (exact) mass is 669 g/mol. The van der Waals surface area contributed by atoms with E-state index < -0.39 is 58.2 Å². The van der Waals surface area contributed by atoms with E-state index in [4.69, 9.17) is 5.73 Å². The number of rotatable bonds is 17. The number of carbonyl (C=O) groups excluding carboxylic acids is 5. The number of ketones is 1. The molecule has 0 spiro atoms. The van der Waals surface area contributed by atoms with E-state index in [9.17, 15) is 28.2 Å². The number of nitrogens with zero attached hydrogens (tertiary/aromatic N) is 1. The number of likely N-dealkylation sites (tertiary alicyclic amines) is 1. The summed E-state index contributed by atoms with van der Waals surface area (Å²) in [6, 6.07) is -3.60. The number of hydrogen-bond acceptors (Lipinski definition) is 7. The van der Waals surface area contributed by atoms with Gasteiger partial charge in [-0.1, -0.05) is 68.2 Å². The molecule has 0 aromatic carbocycles. The molecular formula is C32H59N7O6S. The molecule has 1 aliphatic heterocycles. The molecule has 5 amide bonds. The summed E-state index contributed by atoms with van der Waals surface area (Å²) >= 11 is 0. The van der Waals surface area contributed by atoms with Crippen molar-refractivity contribution in [2.24, 2.45) is 34.3 Å². The number of amides is 5. The molecule has 7 N–H and O–H groups in total.